The van der Waals surface area contributed by atoms with E-state index in [0.717, 1.165) is 27.7 Å². The van der Waals surface area contributed by atoms with E-state index >= 15 is 0 Å². The van der Waals surface area contributed by atoms with Gasteiger partial charge >= 0.3 is 5.97 Å². The summed E-state index contributed by atoms with van der Waals surface area (Å²) in [4.78, 5) is 16.2. The van der Waals surface area contributed by atoms with Crippen LogP contribution in [0.2, 0.25) is 0 Å². The molecule has 5 nitrogen and oxygen atoms in total. The van der Waals surface area contributed by atoms with Crippen molar-refractivity contribution in [1.82, 2.24) is 4.98 Å². The topological polar surface area (TPSA) is 60.5 Å². The van der Waals surface area contributed by atoms with Crippen molar-refractivity contribution in [2.75, 3.05) is 25.6 Å². The number of hydrogen-bond acceptors (Lipinski definition) is 5. The van der Waals surface area contributed by atoms with Crippen molar-refractivity contribution in [2.45, 2.75) is 0 Å². The number of nitrogens with zero attached hydrogens (tertiary/aromatic N) is 1. The summed E-state index contributed by atoms with van der Waals surface area (Å²) < 4.78 is 23.8. The molecule has 0 saturated heterocycles. The number of rotatable bonds is 8. The van der Waals surface area contributed by atoms with Gasteiger partial charge in [-0.05, 0) is 59.7 Å². The monoisotopic (exact) mass is 442 g/mol. The molecule has 0 atom stereocenters. The van der Waals surface area contributed by atoms with E-state index in [1.165, 1.54) is 19.2 Å². The predicted octanol–water partition coefficient (Wildman–Crippen LogP) is 5.74. The molecule has 33 heavy (non-hydrogen) atoms. The molecule has 0 radical (unpaired) electrons. The lowest BCUT2D eigenvalue weighted by molar-refractivity contribution is 0.0600. The van der Waals surface area contributed by atoms with Crippen molar-refractivity contribution in [3.8, 4) is 5.75 Å². The van der Waals surface area contributed by atoms with Crippen molar-refractivity contribution < 1.29 is 18.7 Å². The van der Waals surface area contributed by atoms with Crippen LogP contribution in [0.3, 0.4) is 0 Å². The Balaban J connectivity index is 1.52. The van der Waals surface area contributed by atoms with Gasteiger partial charge in [-0.1, -0.05) is 36.4 Å². The van der Waals surface area contributed by atoms with Crippen LogP contribution in [0.15, 0.2) is 90.6 Å². The molecule has 1 heterocycles. The number of carbonyl (C=O) groups is 1. The van der Waals surface area contributed by atoms with Crippen molar-refractivity contribution >= 4 is 28.6 Å². The molecular weight excluding hydrogens is 419 g/mol. The standard InChI is InChI=1S/C27H23FN2O3/c1-32-27(31)21-8-6-19(7-9-21)14-20(18-33-25-12-10-23(28)11-13-25)16-29-24-15-22-4-2-3-5-26(22)30-17-24/h2-15,17,29H,16,18H2,1H3/b20-14-. The van der Waals surface area contributed by atoms with E-state index in [1.807, 2.05) is 48.5 Å². The Morgan fingerprint density at radius 2 is 1.79 bits per heavy atom. The zero-order valence-electron chi connectivity index (χ0n) is 18.1. The Morgan fingerprint density at radius 3 is 2.55 bits per heavy atom. The molecule has 1 N–H and O–H groups in total. The van der Waals surface area contributed by atoms with Crippen molar-refractivity contribution in [1.29, 1.82) is 0 Å². The van der Waals surface area contributed by atoms with E-state index in [-0.39, 0.29) is 11.8 Å². The number of para-hydroxylation sites is 1. The summed E-state index contributed by atoms with van der Waals surface area (Å²) in [6.07, 6.45) is 3.79. The summed E-state index contributed by atoms with van der Waals surface area (Å²) in [6, 6.07) is 23.0. The Morgan fingerprint density at radius 1 is 1.03 bits per heavy atom. The van der Waals surface area contributed by atoms with Gasteiger partial charge in [0.15, 0.2) is 0 Å². The van der Waals surface area contributed by atoms with Crippen LogP contribution in [0.1, 0.15) is 15.9 Å². The summed E-state index contributed by atoms with van der Waals surface area (Å²) in [5, 5.41) is 4.45. The Labute approximate surface area is 191 Å². The average molecular weight is 442 g/mol. The first kappa shape index (κ1) is 22.0. The molecule has 0 fully saturated rings. The number of aromatic nitrogens is 1. The summed E-state index contributed by atoms with van der Waals surface area (Å²) in [5.74, 6) is -0.110. The van der Waals surface area contributed by atoms with Gasteiger partial charge in [-0.15, -0.1) is 0 Å². The number of esters is 1. The van der Waals surface area contributed by atoms with E-state index in [4.69, 9.17) is 9.47 Å². The highest BCUT2D eigenvalue weighted by atomic mass is 19.1. The van der Waals surface area contributed by atoms with Crippen LogP contribution in [0.4, 0.5) is 10.1 Å². The number of anilines is 1. The summed E-state index contributed by atoms with van der Waals surface area (Å²) in [6.45, 7) is 0.818. The minimum Gasteiger partial charge on any atom is -0.489 e. The van der Waals surface area contributed by atoms with Crippen LogP contribution in [0.5, 0.6) is 5.75 Å². The Bertz CT molecular complexity index is 1270. The zero-order valence-corrected chi connectivity index (χ0v) is 18.1. The quantitative estimate of drug-likeness (QED) is 0.353. The van der Waals surface area contributed by atoms with E-state index in [2.05, 4.69) is 10.3 Å². The molecule has 0 aliphatic heterocycles. The van der Waals surface area contributed by atoms with Gasteiger partial charge in [0.25, 0.3) is 0 Å². The Hall–Kier alpha value is -4.19. The van der Waals surface area contributed by atoms with Gasteiger partial charge < -0.3 is 14.8 Å². The lowest BCUT2D eigenvalue weighted by Gasteiger charge is -2.13. The lowest BCUT2D eigenvalue weighted by atomic mass is 10.1. The third kappa shape index (κ3) is 5.95. The molecule has 0 unspecified atom stereocenters. The van der Waals surface area contributed by atoms with Gasteiger partial charge in [-0.25, -0.2) is 9.18 Å². The van der Waals surface area contributed by atoms with Gasteiger partial charge in [-0.2, -0.15) is 0 Å². The Kier molecular flexibility index (Phi) is 6.95. The first-order valence-corrected chi connectivity index (χ1v) is 10.5. The molecule has 0 spiro atoms. The summed E-state index contributed by atoms with van der Waals surface area (Å²) in [7, 11) is 1.36. The number of hydrogen-bond donors (Lipinski definition) is 1. The number of fused-ring (bicyclic) bond motifs is 1. The molecule has 6 heteroatoms. The first-order chi connectivity index (χ1) is 16.1. The molecule has 3 aromatic carbocycles. The second-order valence-electron chi connectivity index (χ2n) is 7.43. The number of ether oxygens (including phenoxy) is 2. The van der Waals surface area contributed by atoms with E-state index in [1.54, 1.807) is 30.5 Å². The van der Waals surface area contributed by atoms with Crippen molar-refractivity contribution in [3.63, 3.8) is 0 Å². The average Bonchev–Trinajstić information content (AvgIpc) is 2.86. The van der Waals surface area contributed by atoms with Gasteiger partial charge in [-0.3, -0.25) is 4.98 Å². The summed E-state index contributed by atoms with van der Waals surface area (Å²) in [5.41, 5.74) is 4.18. The largest absolute Gasteiger partial charge is 0.489 e. The molecular formula is C27H23FN2O3. The smallest absolute Gasteiger partial charge is 0.337 e. The highest BCUT2D eigenvalue weighted by Gasteiger charge is 2.06. The number of nitrogens with one attached hydrogen (secondary N) is 1. The lowest BCUT2D eigenvalue weighted by Crippen LogP contribution is -2.12. The second-order valence-corrected chi connectivity index (χ2v) is 7.43. The number of halogens is 1. The van der Waals surface area contributed by atoms with Crippen LogP contribution in [-0.4, -0.2) is 31.2 Å². The third-order valence-electron chi connectivity index (χ3n) is 5.05. The molecule has 0 saturated carbocycles. The number of methoxy groups -OCH3 is 1. The fourth-order valence-electron chi connectivity index (χ4n) is 3.30. The first-order valence-electron chi connectivity index (χ1n) is 10.5. The SMILES string of the molecule is COC(=O)c1ccc(/C=C(/CNc2cnc3ccccc3c2)COc2ccc(F)cc2)cc1. The van der Waals surface area contributed by atoms with Crippen LogP contribution in [-0.2, 0) is 4.74 Å². The number of benzene rings is 3. The molecule has 0 aliphatic carbocycles. The molecule has 1 aromatic heterocycles. The van der Waals surface area contributed by atoms with Crippen LogP contribution in [0.25, 0.3) is 17.0 Å². The molecule has 0 aliphatic rings. The normalized spacial score (nSPS) is 11.3. The van der Waals surface area contributed by atoms with Gasteiger partial charge in [0.05, 0.1) is 30.1 Å². The van der Waals surface area contributed by atoms with Gasteiger partial charge in [0.1, 0.15) is 18.2 Å². The molecule has 0 amide bonds. The van der Waals surface area contributed by atoms with E-state index < -0.39 is 0 Å². The number of carbonyl (C=O) groups excluding carboxylic acids is 1. The molecule has 166 valence electrons. The highest BCUT2D eigenvalue weighted by Crippen LogP contribution is 2.18. The van der Waals surface area contributed by atoms with Gasteiger partial charge in [0.2, 0.25) is 0 Å². The molecule has 0 bridgehead atoms. The van der Waals surface area contributed by atoms with Crippen LogP contribution < -0.4 is 10.1 Å². The fraction of sp³-hybridized carbons (Fsp3) is 0.111. The maximum absolute atomic E-state index is 13.2. The maximum Gasteiger partial charge on any atom is 0.337 e. The van der Waals surface area contributed by atoms with E-state index in [0.29, 0.717) is 24.5 Å². The summed E-state index contributed by atoms with van der Waals surface area (Å²) >= 11 is 0. The van der Waals surface area contributed by atoms with E-state index in [9.17, 15) is 9.18 Å². The fourth-order valence-corrected chi connectivity index (χ4v) is 3.30. The molecule has 4 rings (SSSR count). The van der Waals surface area contributed by atoms with Crippen LogP contribution in [0, 0.1) is 5.82 Å². The zero-order chi connectivity index (χ0) is 23.0. The third-order valence-corrected chi connectivity index (χ3v) is 5.05. The second kappa shape index (κ2) is 10.4. The number of pyridine rings is 1. The minimum atomic E-state index is -0.379. The van der Waals surface area contributed by atoms with Crippen molar-refractivity contribution in [2.24, 2.45) is 0 Å². The molecule has 4 aromatic rings. The minimum absolute atomic E-state index is 0.304. The van der Waals surface area contributed by atoms with Gasteiger partial charge in [0, 0.05) is 11.9 Å². The highest BCUT2D eigenvalue weighted by molar-refractivity contribution is 5.89. The van der Waals surface area contributed by atoms with Crippen molar-refractivity contribution in [3.05, 3.63) is 108 Å². The predicted molar refractivity (Wildman–Crippen MR) is 128 cm³/mol. The van der Waals surface area contributed by atoms with Crippen LogP contribution >= 0.6 is 0 Å². The maximum atomic E-state index is 13.2.